The second-order valence-electron chi connectivity index (χ2n) is 10.9. The molecule has 1 aliphatic rings. The highest BCUT2D eigenvalue weighted by molar-refractivity contribution is 6.74. The van der Waals surface area contributed by atoms with Crippen LogP contribution in [0.15, 0.2) is 24.8 Å². The van der Waals surface area contributed by atoms with E-state index in [0.29, 0.717) is 24.5 Å². The SMILES string of the molecule is C=CC(=O)C[C@H]1c2cc(O[Si](C)(C)C(C)(C)C)c(OC)cc2CCN1C(=O)OC(C)(C)C. The summed E-state index contributed by atoms with van der Waals surface area (Å²) in [7, 11) is -0.505. The van der Waals surface area contributed by atoms with Gasteiger partial charge in [0.25, 0.3) is 8.32 Å². The number of hydrogen-bond acceptors (Lipinski definition) is 5. The molecule has 1 atom stereocenters. The highest BCUT2D eigenvalue weighted by Crippen LogP contribution is 2.44. The van der Waals surface area contributed by atoms with E-state index in [9.17, 15) is 9.59 Å². The largest absolute Gasteiger partial charge is 0.541 e. The predicted octanol–water partition coefficient (Wildman–Crippen LogP) is 6.06. The van der Waals surface area contributed by atoms with Gasteiger partial charge in [0.2, 0.25) is 0 Å². The van der Waals surface area contributed by atoms with Crippen LogP contribution in [0.25, 0.3) is 0 Å². The van der Waals surface area contributed by atoms with Gasteiger partial charge in [-0.15, -0.1) is 0 Å². The lowest BCUT2D eigenvalue weighted by atomic mass is 9.89. The first-order valence-corrected chi connectivity index (χ1v) is 14.0. The molecule has 0 saturated heterocycles. The first kappa shape index (κ1) is 26.0. The molecule has 0 saturated carbocycles. The van der Waals surface area contributed by atoms with E-state index < -0.39 is 26.1 Å². The van der Waals surface area contributed by atoms with Crippen LogP contribution in [0.5, 0.6) is 11.5 Å². The van der Waals surface area contributed by atoms with Crippen LogP contribution < -0.4 is 9.16 Å². The molecule has 178 valence electrons. The van der Waals surface area contributed by atoms with Crippen LogP contribution >= 0.6 is 0 Å². The van der Waals surface area contributed by atoms with Crippen molar-refractivity contribution in [3.05, 3.63) is 35.9 Å². The molecule has 32 heavy (non-hydrogen) atoms. The summed E-state index contributed by atoms with van der Waals surface area (Å²) in [5.74, 6) is 1.20. The number of carbonyl (C=O) groups excluding carboxylic acids is 2. The van der Waals surface area contributed by atoms with Gasteiger partial charge >= 0.3 is 6.09 Å². The van der Waals surface area contributed by atoms with Crippen molar-refractivity contribution >= 4 is 20.2 Å². The van der Waals surface area contributed by atoms with Gasteiger partial charge in [0, 0.05) is 13.0 Å². The average Bonchev–Trinajstić information content (AvgIpc) is 2.65. The predicted molar refractivity (Wildman–Crippen MR) is 130 cm³/mol. The molecule has 0 spiro atoms. The summed E-state index contributed by atoms with van der Waals surface area (Å²) < 4.78 is 17.9. The third-order valence-corrected chi connectivity index (χ3v) is 10.5. The fraction of sp³-hybridized carbons (Fsp3) is 0.600. The van der Waals surface area contributed by atoms with Crippen LogP contribution in [0.1, 0.15) is 65.1 Å². The van der Waals surface area contributed by atoms with Crippen molar-refractivity contribution in [3.63, 3.8) is 0 Å². The second kappa shape index (κ2) is 9.30. The van der Waals surface area contributed by atoms with Gasteiger partial charge in [-0.1, -0.05) is 27.4 Å². The number of ketones is 1. The van der Waals surface area contributed by atoms with Gasteiger partial charge in [-0.25, -0.2) is 4.79 Å². The summed E-state index contributed by atoms with van der Waals surface area (Å²) in [5.41, 5.74) is 1.32. The molecule has 1 amide bonds. The van der Waals surface area contributed by atoms with Crippen molar-refractivity contribution in [2.24, 2.45) is 0 Å². The lowest BCUT2D eigenvalue weighted by molar-refractivity contribution is -0.115. The number of rotatable bonds is 6. The molecule has 1 aliphatic heterocycles. The molecule has 0 N–H and O–H groups in total. The monoisotopic (exact) mass is 461 g/mol. The molecule has 1 heterocycles. The van der Waals surface area contributed by atoms with Gasteiger partial charge in [0.15, 0.2) is 11.5 Å². The molecular formula is C25H39NO5Si. The molecule has 0 radical (unpaired) electrons. The van der Waals surface area contributed by atoms with Crippen LogP contribution in [0.2, 0.25) is 18.1 Å². The van der Waals surface area contributed by atoms with Gasteiger partial charge in [0.05, 0.1) is 13.2 Å². The van der Waals surface area contributed by atoms with Gasteiger partial charge in [0.1, 0.15) is 11.4 Å². The van der Waals surface area contributed by atoms with Crippen LogP contribution in [0, 0.1) is 0 Å². The van der Waals surface area contributed by atoms with Crippen LogP contribution in [-0.4, -0.2) is 44.3 Å². The zero-order valence-electron chi connectivity index (χ0n) is 21.1. The van der Waals surface area contributed by atoms with Crippen molar-refractivity contribution in [1.29, 1.82) is 0 Å². The van der Waals surface area contributed by atoms with Gasteiger partial charge < -0.3 is 18.8 Å². The molecule has 1 aromatic rings. The van der Waals surface area contributed by atoms with Crippen LogP contribution in [-0.2, 0) is 16.0 Å². The van der Waals surface area contributed by atoms with E-state index in [2.05, 4.69) is 40.4 Å². The molecule has 2 rings (SSSR count). The first-order valence-electron chi connectivity index (χ1n) is 11.1. The minimum Gasteiger partial charge on any atom is -0.541 e. The summed E-state index contributed by atoms with van der Waals surface area (Å²) in [6.45, 7) is 20.5. The average molecular weight is 462 g/mol. The number of fused-ring (bicyclic) bond motifs is 1. The van der Waals surface area contributed by atoms with E-state index in [1.807, 2.05) is 32.9 Å². The van der Waals surface area contributed by atoms with Crippen LogP contribution in [0.4, 0.5) is 4.79 Å². The molecule has 0 bridgehead atoms. The maximum atomic E-state index is 13.0. The minimum absolute atomic E-state index is 0.00860. The molecule has 7 heteroatoms. The van der Waals surface area contributed by atoms with E-state index >= 15 is 0 Å². The molecule has 0 aromatic heterocycles. The molecule has 0 aliphatic carbocycles. The second-order valence-corrected chi connectivity index (χ2v) is 15.6. The van der Waals surface area contributed by atoms with E-state index in [4.69, 9.17) is 13.9 Å². The van der Waals surface area contributed by atoms with Gasteiger partial charge in [-0.05, 0) is 74.7 Å². The number of hydrogen-bond donors (Lipinski definition) is 0. The molecule has 6 nitrogen and oxygen atoms in total. The Morgan fingerprint density at radius 2 is 1.78 bits per heavy atom. The third kappa shape index (κ3) is 5.94. The van der Waals surface area contributed by atoms with Gasteiger partial charge in [-0.2, -0.15) is 0 Å². The Labute approximate surface area is 194 Å². The summed E-state index contributed by atoms with van der Waals surface area (Å²) in [5, 5.41) is 0.00860. The lowest BCUT2D eigenvalue weighted by Crippen LogP contribution is -2.45. The number of carbonyl (C=O) groups is 2. The lowest BCUT2D eigenvalue weighted by Gasteiger charge is -2.40. The van der Waals surface area contributed by atoms with E-state index in [-0.39, 0.29) is 17.2 Å². The van der Waals surface area contributed by atoms with Crippen molar-refractivity contribution in [2.45, 2.75) is 84.2 Å². The Morgan fingerprint density at radius 1 is 1.16 bits per heavy atom. The topological polar surface area (TPSA) is 65.1 Å². The third-order valence-electron chi connectivity index (χ3n) is 6.20. The van der Waals surface area contributed by atoms with E-state index in [1.54, 1.807) is 12.0 Å². The highest BCUT2D eigenvalue weighted by atomic mass is 28.4. The fourth-order valence-corrected chi connectivity index (χ4v) is 4.42. The number of benzene rings is 1. The van der Waals surface area contributed by atoms with Crippen LogP contribution in [0.3, 0.4) is 0 Å². The maximum absolute atomic E-state index is 13.0. The Balaban J connectivity index is 2.56. The Kier molecular flexibility index (Phi) is 7.54. The van der Waals surface area contributed by atoms with E-state index in [0.717, 1.165) is 11.1 Å². The number of amides is 1. The highest BCUT2D eigenvalue weighted by Gasteiger charge is 2.41. The smallest absolute Gasteiger partial charge is 0.410 e. The first-order chi connectivity index (χ1) is 14.6. The molecule has 0 unspecified atom stereocenters. The summed E-state index contributed by atoms with van der Waals surface area (Å²) >= 11 is 0. The number of ether oxygens (including phenoxy) is 2. The summed E-state index contributed by atoms with van der Waals surface area (Å²) in [6.07, 6.45) is 1.66. The number of nitrogens with zero attached hydrogens (tertiary/aromatic N) is 1. The minimum atomic E-state index is -2.14. The molecule has 0 fully saturated rings. The van der Waals surface area contributed by atoms with Crippen molar-refractivity contribution in [2.75, 3.05) is 13.7 Å². The zero-order chi connectivity index (χ0) is 24.5. The quantitative estimate of drug-likeness (QED) is 0.381. The molecule has 1 aromatic carbocycles. The summed E-state index contributed by atoms with van der Waals surface area (Å²) in [4.78, 5) is 27.0. The normalized spacial score (nSPS) is 16.8. The Bertz CT molecular complexity index is 880. The standard InChI is InChI=1S/C25H39NO5Si/c1-11-18(27)15-20-19-16-22(31-32(9,10)25(5,6)7)21(29-8)14-17(19)12-13-26(20)23(28)30-24(2,3)4/h11,14,16,20H,1,12-13,15H2,2-10H3/t20-/m0/s1. The van der Waals surface area contributed by atoms with Crippen molar-refractivity contribution in [1.82, 2.24) is 4.90 Å². The van der Waals surface area contributed by atoms with Gasteiger partial charge in [-0.3, -0.25) is 4.79 Å². The van der Waals surface area contributed by atoms with Crippen molar-refractivity contribution < 1.29 is 23.5 Å². The van der Waals surface area contributed by atoms with Crippen molar-refractivity contribution in [3.8, 4) is 11.5 Å². The number of allylic oxidation sites excluding steroid dienone is 1. The Hall–Kier alpha value is -2.28. The number of methoxy groups -OCH3 is 1. The maximum Gasteiger partial charge on any atom is 0.410 e. The zero-order valence-corrected chi connectivity index (χ0v) is 22.1. The molecular weight excluding hydrogens is 422 g/mol. The van der Waals surface area contributed by atoms with E-state index in [1.165, 1.54) is 6.08 Å². The Morgan fingerprint density at radius 3 is 2.28 bits per heavy atom. The fourth-order valence-electron chi connectivity index (χ4n) is 3.41. The summed E-state index contributed by atoms with van der Waals surface area (Å²) in [6, 6.07) is 3.48.